The molecule has 5 nitrogen and oxygen atoms in total. The lowest BCUT2D eigenvalue weighted by molar-refractivity contribution is -0.132. The number of alkyl halides is 2. The molecule has 1 amide bonds. The summed E-state index contributed by atoms with van der Waals surface area (Å²) in [5.41, 5.74) is 1.90. The van der Waals surface area contributed by atoms with E-state index in [1.165, 1.54) is 0 Å². The molecular formula is C29H34F2N2O3. The minimum atomic E-state index is -0.654. The standard InChI is InChI=1S/C29H34F2N2O3/c1-21(34)15-29(33-20-32-18-27(33)35)10-8-28(9-11-29,26-6-4-3-5-7-26)19-36-22(2)25-13-23(16-30)12-24(14-25)17-31/h3-7,12-14,20,22H,8-11,15-19H2,1-2H3/t22-,28?,29?/m1/s1. The van der Waals surface area contributed by atoms with Crippen LogP contribution in [0.5, 0.6) is 0 Å². The van der Waals surface area contributed by atoms with Gasteiger partial charge in [0.2, 0.25) is 5.91 Å². The van der Waals surface area contributed by atoms with E-state index in [9.17, 15) is 18.4 Å². The zero-order chi connectivity index (χ0) is 25.8. The van der Waals surface area contributed by atoms with Gasteiger partial charge >= 0.3 is 0 Å². The molecule has 1 aliphatic heterocycles. The molecule has 36 heavy (non-hydrogen) atoms. The molecule has 2 aliphatic rings. The highest BCUT2D eigenvalue weighted by atomic mass is 19.1. The van der Waals surface area contributed by atoms with Crippen LogP contribution in [0.25, 0.3) is 0 Å². The van der Waals surface area contributed by atoms with Gasteiger partial charge in [-0.25, -0.2) is 8.78 Å². The van der Waals surface area contributed by atoms with Crippen molar-refractivity contribution < 1.29 is 23.1 Å². The quantitative estimate of drug-likeness (QED) is 0.418. The third-order valence-corrected chi connectivity index (χ3v) is 7.77. The fourth-order valence-electron chi connectivity index (χ4n) is 5.76. The Kier molecular flexibility index (Phi) is 7.98. The van der Waals surface area contributed by atoms with Gasteiger partial charge < -0.3 is 4.74 Å². The van der Waals surface area contributed by atoms with Crippen molar-refractivity contribution in [2.24, 2.45) is 4.99 Å². The first kappa shape index (κ1) is 26.1. The van der Waals surface area contributed by atoms with E-state index in [0.717, 1.165) is 24.0 Å². The van der Waals surface area contributed by atoms with Crippen molar-refractivity contribution in [1.29, 1.82) is 0 Å². The van der Waals surface area contributed by atoms with Gasteiger partial charge in [-0.1, -0.05) is 48.5 Å². The third-order valence-electron chi connectivity index (χ3n) is 7.77. The zero-order valence-electron chi connectivity index (χ0n) is 21.0. The molecule has 0 unspecified atom stereocenters. The van der Waals surface area contributed by atoms with Gasteiger partial charge in [0.25, 0.3) is 0 Å². The summed E-state index contributed by atoms with van der Waals surface area (Å²) in [6.45, 7) is 2.71. The predicted molar refractivity (Wildman–Crippen MR) is 135 cm³/mol. The van der Waals surface area contributed by atoms with Crippen molar-refractivity contribution in [3.8, 4) is 0 Å². The molecule has 192 valence electrons. The number of amides is 1. The fourth-order valence-corrected chi connectivity index (χ4v) is 5.76. The fraction of sp³-hybridized carbons (Fsp3) is 0.483. The number of nitrogens with zero attached hydrogens (tertiary/aromatic N) is 2. The Bertz CT molecular complexity index is 1090. The number of benzene rings is 2. The molecule has 4 rings (SSSR count). The van der Waals surface area contributed by atoms with E-state index in [0.29, 0.717) is 37.0 Å². The minimum Gasteiger partial charge on any atom is -0.373 e. The van der Waals surface area contributed by atoms with Crippen molar-refractivity contribution in [3.63, 3.8) is 0 Å². The number of halogens is 2. The van der Waals surface area contributed by atoms with E-state index < -0.39 is 18.9 Å². The molecule has 7 heteroatoms. The van der Waals surface area contributed by atoms with Crippen LogP contribution in [0.3, 0.4) is 0 Å². The van der Waals surface area contributed by atoms with Crippen LogP contribution in [-0.2, 0) is 33.1 Å². The molecule has 2 aromatic rings. The SMILES string of the molecule is CC(=O)CC1(N2C=NCC2=O)CCC(CO[C@H](C)c2cc(CF)cc(CF)c2)(c2ccccc2)CC1. The van der Waals surface area contributed by atoms with Crippen LogP contribution in [0.1, 0.15) is 74.3 Å². The Morgan fingerprint density at radius 1 is 1.06 bits per heavy atom. The van der Waals surface area contributed by atoms with E-state index >= 15 is 0 Å². The molecule has 0 spiro atoms. The number of hydrogen-bond acceptors (Lipinski definition) is 4. The van der Waals surface area contributed by atoms with E-state index in [2.05, 4.69) is 17.1 Å². The van der Waals surface area contributed by atoms with E-state index in [1.807, 2.05) is 25.1 Å². The topological polar surface area (TPSA) is 59.0 Å². The van der Waals surface area contributed by atoms with Crippen LogP contribution < -0.4 is 0 Å². The number of Topliss-reactive ketones (excluding diaryl/α,β-unsaturated/α-hetero) is 1. The molecule has 0 radical (unpaired) electrons. The second-order valence-corrected chi connectivity index (χ2v) is 10.3. The second kappa shape index (κ2) is 11.0. The van der Waals surface area contributed by atoms with Crippen LogP contribution in [0.2, 0.25) is 0 Å². The maximum absolute atomic E-state index is 13.3. The smallest absolute Gasteiger partial charge is 0.249 e. The molecule has 1 heterocycles. The Balaban J connectivity index is 1.58. The number of carbonyl (C=O) groups is 2. The summed E-state index contributed by atoms with van der Waals surface area (Å²) in [7, 11) is 0. The Morgan fingerprint density at radius 2 is 1.69 bits per heavy atom. The van der Waals surface area contributed by atoms with Crippen LogP contribution in [-0.4, -0.2) is 41.6 Å². The van der Waals surface area contributed by atoms with Crippen LogP contribution >= 0.6 is 0 Å². The first-order valence-electron chi connectivity index (χ1n) is 12.5. The van der Waals surface area contributed by atoms with E-state index in [1.54, 1.807) is 36.4 Å². The summed E-state index contributed by atoms with van der Waals surface area (Å²) in [6, 6.07) is 15.2. The minimum absolute atomic E-state index is 0.0524. The van der Waals surface area contributed by atoms with Gasteiger partial charge in [-0.15, -0.1) is 0 Å². The largest absolute Gasteiger partial charge is 0.373 e. The molecule has 1 saturated carbocycles. The number of hydrogen-bond donors (Lipinski definition) is 0. The molecule has 0 saturated heterocycles. The molecule has 0 N–H and O–H groups in total. The van der Waals surface area contributed by atoms with Crippen LogP contribution in [0.4, 0.5) is 8.78 Å². The molecule has 1 fully saturated rings. The predicted octanol–water partition coefficient (Wildman–Crippen LogP) is 5.80. The molecular weight excluding hydrogens is 462 g/mol. The number of carbonyl (C=O) groups excluding carboxylic acids is 2. The molecule has 0 aromatic heterocycles. The van der Waals surface area contributed by atoms with Gasteiger partial charge in [0, 0.05) is 11.8 Å². The second-order valence-electron chi connectivity index (χ2n) is 10.3. The lowest BCUT2D eigenvalue weighted by Crippen LogP contribution is -2.55. The third kappa shape index (κ3) is 5.41. The Hall–Kier alpha value is -2.93. The summed E-state index contributed by atoms with van der Waals surface area (Å²) in [5, 5.41) is 0. The van der Waals surface area contributed by atoms with Crippen molar-refractivity contribution in [3.05, 3.63) is 70.8 Å². The summed E-state index contributed by atoms with van der Waals surface area (Å²) in [5.74, 6) is -0.0126. The average molecular weight is 497 g/mol. The summed E-state index contributed by atoms with van der Waals surface area (Å²) in [6.07, 6.45) is 4.32. The number of rotatable bonds is 10. The van der Waals surface area contributed by atoms with Gasteiger partial charge in [0.05, 0.1) is 24.6 Å². The van der Waals surface area contributed by atoms with Crippen LogP contribution in [0, 0.1) is 0 Å². The Morgan fingerprint density at radius 3 is 2.22 bits per heavy atom. The molecule has 1 aliphatic carbocycles. The summed E-state index contributed by atoms with van der Waals surface area (Å²) >= 11 is 0. The normalized spacial score (nSPS) is 24.8. The first-order valence-corrected chi connectivity index (χ1v) is 12.5. The van der Waals surface area contributed by atoms with E-state index in [-0.39, 0.29) is 29.8 Å². The molecule has 1 atom stereocenters. The highest BCUT2D eigenvalue weighted by Gasteiger charge is 2.49. The average Bonchev–Trinajstić information content (AvgIpc) is 3.34. The van der Waals surface area contributed by atoms with Gasteiger partial charge in [0.1, 0.15) is 25.7 Å². The summed E-state index contributed by atoms with van der Waals surface area (Å²) < 4.78 is 33.1. The number of ether oxygens (including phenoxy) is 1. The number of aliphatic imine (C=N–C) groups is 1. The monoisotopic (exact) mass is 496 g/mol. The highest BCUT2D eigenvalue weighted by molar-refractivity contribution is 5.95. The Labute approximate surface area is 211 Å². The van der Waals surface area contributed by atoms with Crippen molar-refractivity contribution in [2.45, 2.75) is 76.4 Å². The number of ketones is 1. The highest BCUT2D eigenvalue weighted by Crippen LogP contribution is 2.48. The maximum atomic E-state index is 13.3. The van der Waals surface area contributed by atoms with Crippen LogP contribution in [0.15, 0.2) is 53.5 Å². The van der Waals surface area contributed by atoms with Crippen molar-refractivity contribution in [2.75, 3.05) is 13.2 Å². The maximum Gasteiger partial charge on any atom is 0.249 e. The lowest BCUT2D eigenvalue weighted by Gasteiger charge is -2.49. The first-order chi connectivity index (χ1) is 17.3. The van der Waals surface area contributed by atoms with Gasteiger partial charge in [0.15, 0.2) is 0 Å². The molecule has 0 bridgehead atoms. The molecule has 2 aromatic carbocycles. The van der Waals surface area contributed by atoms with Crippen molar-refractivity contribution in [1.82, 2.24) is 4.90 Å². The van der Waals surface area contributed by atoms with E-state index in [4.69, 9.17) is 4.74 Å². The van der Waals surface area contributed by atoms with Gasteiger partial charge in [-0.3, -0.25) is 19.5 Å². The van der Waals surface area contributed by atoms with Crippen molar-refractivity contribution >= 4 is 18.0 Å². The summed E-state index contributed by atoms with van der Waals surface area (Å²) in [4.78, 5) is 30.6. The lowest BCUT2D eigenvalue weighted by atomic mass is 9.63. The zero-order valence-corrected chi connectivity index (χ0v) is 21.0. The van der Waals surface area contributed by atoms with Gasteiger partial charge in [-0.2, -0.15) is 0 Å². The van der Waals surface area contributed by atoms with Gasteiger partial charge in [-0.05, 0) is 61.8 Å².